The summed E-state index contributed by atoms with van der Waals surface area (Å²) in [4.78, 5) is 13.5. The predicted molar refractivity (Wildman–Crippen MR) is 54.2 cm³/mol. The molecule has 0 spiro atoms. The SMILES string of the molecule is C1CCNCC1.O=Cc1nccs1. The number of aldehydes is 1. The Morgan fingerprint density at radius 2 is 2.15 bits per heavy atom. The van der Waals surface area contributed by atoms with Crippen molar-refractivity contribution in [3.05, 3.63) is 16.6 Å². The summed E-state index contributed by atoms with van der Waals surface area (Å²) >= 11 is 1.34. The van der Waals surface area contributed by atoms with Crippen LogP contribution in [0.25, 0.3) is 0 Å². The van der Waals surface area contributed by atoms with Gasteiger partial charge in [-0.3, -0.25) is 4.79 Å². The molecule has 4 heteroatoms. The highest BCUT2D eigenvalue weighted by Crippen LogP contribution is 1.97. The summed E-state index contributed by atoms with van der Waals surface area (Å²) in [5.41, 5.74) is 0. The molecular weight excluding hydrogens is 184 g/mol. The second-order valence-electron chi connectivity index (χ2n) is 2.80. The van der Waals surface area contributed by atoms with Crippen molar-refractivity contribution in [3.8, 4) is 0 Å². The van der Waals surface area contributed by atoms with Crippen molar-refractivity contribution >= 4 is 17.6 Å². The topological polar surface area (TPSA) is 42.0 Å². The van der Waals surface area contributed by atoms with Crippen LogP contribution >= 0.6 is 11.3 Å². The molecule has 72 valence electrons. The molecule has 0 aromatic carbocycles. The molecule has 3 nitrogen and oxygen atoms in total. The Bertz CT molecular complexity index is 208. The zero-order valence-electron chi connectivity index (χ0n) is 7.53. The quantitative estimate of drug-likeness (QED) is 0.699. The van der Waals surface area contributed by atoms with Gasteiger partial charge < -0.3 is 5.32 Å². The molecule has 0 radical (unpaired) electrons. The molecule has 1 fully saturated rings. The van der Waals surface area contributed by atoms with Crippen LogP contribution in [0.5, 0.6) is 0 Å². The minimum absolute atomic E-state index is 0.542. The number of hydrogen-bond donors (Lipinski definition) is 1. The first-order valence-corrected chi connectivity index (χ1v) is 5.37. The average molecular weight is 198 g/mol. The molecule has 1 N–H and O–H groups in total. The van der Waals surface area contributed by atoms with E-state index in [0.717, 1.165) is 6.29 Å². The van der Waals surface area contributed by atoms with Gasteiger partial charge in [0.1, 0.15) is 0 Å². The lowest BCUT2D eigenvalue weighted by Crippen LogP contribution is -2.21. The zero-order chi connectivity index (χ0) is 9.36. The van der Waals surface area contributed by atoms with Gasteiger partial charge in [-0.2, -0.15) is 0 Å². The van der Waals surface area contributed by atoms with Gasteiger partial charge in [0.25, 0.3) is 0 Å². The third-order valence-electron chi connectivity index (χ3n) is 1.76. The van der Waals surface area contributed by atoms with E-state index in [0.29, 0.717) is 5.01 Å². The maximum Gasteiger partial charge on any atom is 0.178 e. The Morgan fingerprint density at radius 3 is 2.38 bits per heavy atom. The molecule has 0 atom stereocenters. The van der Waals surface area contributed by atoms with E-state index in [9.17, 15) is 4.79 Å². The van der Waals surface area contributed by atoms with E-state index in [2.05, 4.69) is 10.3 Å². The minimum Gasteiger partial charge on any atom is -0.317 e. The van der Waals surface area contributed by atoms with E-state index in [1.165, 1.54) is 43.7 Å². The van der Waals surface area contributed by atoms with E-state index < -0.39 is 0 Å². The van der Waals surface area contributed by atoms with Gasteiger partial charge in [0.2, 0.25) is 0 Å². The highest BCUT2D eigenvalue weighted by Gasteiger charge is 1.93. The fourth-order valence-electron chi connectivity index (χ4n) is 1.09. The van der Waals surface area contributed by atoms with Gasteiger partial charge in [0.15, 0.2) is 11.3 Å². The molecule has 2 heterocycles. The maximum absolute atomic E-state index is 9.82. The number of nitrogens with zero attached hydrogens (tertiary/aromatic N) is 1. The molecule has 2 rings (SSSR count). The first kappa shape index (κ1) is 10.3. The van der Waals surface area contributed by atoms with E-state index in [-0.39, 0.29) is 0 Å². The van der Waals surface area contributed by atoms with Crippen LogP contribution in [0.3, 0.4) is 0 Å². The van der Waals surface area contributed by atoms with E-state index in [1.54, 1.807) is 11.6 Å². The fraction of sp³-hybridized carbons (Fsp3) is 0.556. The molecule has 0 aliphatic carbocycles. The van der Waals surface area contributed by atoms with Crippen molar-refractivity contribution in [2.24, 2.45) is 0 Å². The van der Waals surface area contributed by atoms with Crippen LogP contribution < -0.4 is 5.32 Å². The van der Waals surface area contributed by atoms with Crippen LogP contribution in [0, 0.1) is 0 Å². The molecule has 1 aromatic heterocycles. The molecule has 1 aliphatic heterocycles. The first-order chi connectivity index (χ1) is 6.43. The van der Waals surface area contributed by atoms with Gasteiger partial charge >= 0.3 is 0 Å². The standard InChI is InChI=1S/C5H11N.C4H3NOS/c1-2-4-6-5-3-1;6-3-4-5-1-2-7-4/h6H,1-5H2;1-3H. The van der Waals surface area contributed by atoms with E-state index >= 15 is 0 Å². The van der Waals surface area contributed by atoms with E-state index in [4.69, 9.17) is 0 Å². The largest absolute Gasteiger partial charge is 0.317 e. The van der Waals surface area contributed by atoms with Crippen molar-refractivity contribution in [1.82, 2.24) is 10.3 Å². The second kappa shape index (κ2) is 6.74. The van der Waals surface area contributed by atoms with Gasteiger partial charge in [0, 0.05) is 11.6 Å². The predicted octanol–water partition coefficient (Wildman–Crippen LogP) is 1.72. The van der Waals surface area contributed by atoms with Crippen molar-refractivity contribution in [2.45, 2.75) is 19.3 Å². The van der Waals surface area contributed by atoms with Gasteiger partial charge in [-0.25, -0.2) is 4.98 Å². The number of thiazole rings is 1. The Kier molecular flexibility index (Phi) is 5.36. The number of aromatic nitrogens is 1. The lowest BCUT2D eigenvalue weighted by molar-refractivity contribution is 0.112. The number of nitrogens with one attached hydrogen (secondary N) is 1. The van der Waals surface area contributed by atoms with Crippen LogP contribution in [0.15, 0.2) is 11.6 Å². The molecule has 0 unspecified atom stereocenters. The Morgan fingerprint density at radius 1 is 1.38 bits per heavy atom. The third kappa shape index (κ3) is 4.75. The lowest BCUT2D eigenvalue weighted by atomic mass is 10.2. The number of carbonyl (C=O) groups excluding carboxylic acids is 1. The van der Waals surface area contributed by atoms with Crippen molar-refractivity contribution in [1.29, 1.82) is 0 Å². The summed E-state index contributed by atoms with van der Waals surface area (Å²) in [7, 11) is 0. The van der Waals surface area contributed by atoms with Crippen LogP contribution in [-0.4, -0.2) is 24.4 Å². The third-order valence-corrected chi connectivity index (χ3v) is 2.46. The maximum atomic E-state index is 9.82. The number of carbonyl (C=O) groups is 1. The average Bonchev–Trinajstić information content (AvgIpc) is 2.74. The van der Waals surface area contributed by atoms with Gasteiger partial charge in [-0.15, -0.1) is 11.3 Å². The molecule has 1 aliphatic rings. The Balaban J connectivity index is 0.000000132. The van der Waals surface area contributed by atoms with Crippen molar-refractivity contribution in [2.75, 3.05) is 13.1 Å². The van der Waals surface area contributed by atoms with Gasteiger partial charge in [0.05, 0.1) is 0 Å². The van der Waals surface area contributed by atoms with Crippen LogP contribution in [0.4, 0.5) is 0 Å². The summed E-state index contributed by atoms with van der Waals surface area (Å²) in [6, 6.07) is 0. The normalized spacial score (nSPS) is 15.7. The summed E-state index contributed by atoms with van der Waals surface area (Å²) in [5, 5.41) is 5.59. The highest BCUT2D eigenvalue weighted by molar-refractivity contribution is 7.11. The lowest BCUT2D eigenvalue weighted by Gasteiger charge is -2.08. The summed E-state index contributed by atoms with van der Waals surface area (Å²) < 4.78 is 0. The smallest absolute Gasteiger partial charge is 0.178 e. The molecule has 13 heavy (non-hydrogen) atoms. The second-order valence-corrected chi connectivity index (χ2v) is 3.72. The van der Waals surface area contributed by atoms with Gasteiger partial charge in [-0.1, -0.05) is 6.42 Å². The Hall–Kier alpha value is -0.740. The zero-order valence-corrected chi connectivity index (χ0v) is 8.35. The monoisotopic (exact) mass is 198 g/mol. The molecule has 1 aromatic rings. The molecule has 1 saturated heterocycles. The number of rotatable bonds is 1. The number of piperidine rings is 1. The summed E-state index contributed by atoms with van der Waals surface area (Å²) in [6.45, 7) is 2.50. The minimum atomic E-state index is 0.542. The summed E-state index contributed by atoms with van der Waals surface area (Å²) in [6.07, 6.45) is 6.56. The van der Waals surface area contributed by atoms with Crippen LogP contribution in [0.2, 0.25) is 0 Å². The van der Waals surface area contributed by atoms with Crippen molar-refractivity contribution in [3.63, 3.8) is 0 Å². The fourth-order valence-corrected chi connectivity index (χ4v) is 1.53. The van der Waals surface area contributed by atoms with Gasteiger partial charge in [-0.05, 0) is 25.9 Å². The van der Waals surface area contributed by atoms with Crippen LogP contribution in [0.1, 0.15) is 29.1 Å². The van der Waals surface area contributed by atoms with Crippen LogP contribution in [-0.2, 0) is 0 Å². The molecular formula is C9H14N2OS. The first-order valence-electron chi connectivity index (χ1n) is 4.49. The van der Waals surface area contributed by atoms with E-state index in [1.807, 2.05) is 0 Å². The molecule has 0 saturated carbocycles. The van der Waals surface area contributed by atoms with Crippen molar-refractivity contribution < 1.29 is 4.79 Å². The Labute approximate surface area is 82.2 Å². The molecule has 0 bridgehead atoms. The number of hydrogen-bond acceptors (Lipinski definition) is 4. The molecule has 0 amide bonds. The highest BCUT2D eigenvalue weighted by atomic mass is 32.1. The summed E-state index contributed by atoms with van der Waals surface area (Å²) in [5.74, 6) is 0.